The maximum absolute atomic E-state index is 12.6. The van der Waals surface area contributed by atoms with Gasteiger partial charge in [0.2, 0.25) is 11.1 Å². The summed E-state index contributed by atoms with van der Waals surface area (Å²) in [5.41, 5.74) is 2.27. The second-order valence-corrected chi connectivity index (χ2v) is 9.98. The van der Waals surface area contributed by atoms with Crippen molar-refractivity contribution >= 4 is 17.7 Å². The number of piperidine rings is 1. The number of hydrogen-bond donors (Lipinski definition) is 1. The van der Waals surface area contributed by atoms with Crippen molar-refractivity contribution in [3.8, 4) is 11.4 Å². The van der Waals surface area contributed by atoms with Crippen molar-refractivity contribution in [2.75, 3.05) is 24.7 Å². The summed E-state index contributed by atoms with van der Waals surface area (Å²) in [6.07, 6.45) is 1.19. The molecule has 3 rings (SSSR count). The molecule has 2 heterocycles. The van der Waals surface area contributed by atoms with E-state index in [-0.39, 0.29) is 11.3 Å². The lowest BCUT2D eigenvalue weighted by molar-refractivity contribution is -0.130. The molecule has 0 spiro atoms. The van der Waals surface area contributed by atoms with Gasteiger partial charge in [-0.25, -0.2) is 4.68 Å². The van der Waals surface area contributed by atoms with Crippen LogP contribution in [0.4, 0.5) is 0 Å². The zero-order valence-electron chi connectivity index (χ0n) is 17.5. The van der Waals surface area contributed by atoms with Gasteiger partial charge < -0.3 is 10.7 Å². The molecule has 2 atom stereocenters. The van der Waals surface area contributed by atoms with Crippen LogP contribution >= 0.6 is 11.8 Å². The standard InChI is InChI=1S/C21H31N5OS/c1-14-10-15(2)12-25(11-14)18(27)13-28-20-24-23-19(26(20)22)16-6-8-17(9-7-16)21(3,4)5/h6-9,14-15H,10-13,22H2,1-5H3/t14-,15-/m0/s1. The minimum atomic E-state index is 0.0970. The van der Waals surface area contributed by atoms with E-state index in [1.807, 2.05) is 17.0 Å². The highest BCUT2D eigenvalue weighted by molar-refractivity contribution is 7.99. The van der Waals surface area contributed by atoms with E-state index >= 15 is 0 Å². The van der Waals surface area contributed by atoms with Gasteiger partial charge in [-0.05, 0) is 29.2 Å². The minimum absolute atomic E-state index is 0.0970. The molecular formula is C21H31N5OS. The molecule has 0 saturated carbocycles. The van der Waals surface area contributed by atoms with Crippen LogP contribution < -0.4 is 5.84 Å². The van der Waals surface area contributed by atoms with E-state index in [0.717, 1.165) is 18.7 Å². The first-order chi connectivity index (χ1) is 13.1. The second kappa shape index (κ2) is 8.15. The number of hydrogen-bond acceptors (Lipinski definition) is 5. The Labute approximate surface area is 171 Å². The van der Waals surface area contributed by atoms with Gasteiger partial charge in [-0.2, -0.15) is 0 Å². The molecule has 0 aliphatic carbocycles. The monoisotopic (exact) mass is 401 g/mol. The van der Waals surface area contributed by atoms with Crippen LogP contribution in [0.25, 0.3) is 11.4 Å². The van der Waals surface area contributed by atoms with Crippen LogP contribution in [0, 0.1) is 11.8 Å². The molecule has 1 aromatic carbocycles. The Kier molecular flexibility index (Phi) is 6.03. The van der Waals surface area contributed by atoms with Crippen molar-refractivity contribution in [3.05, 3.63) is 29.8 Å². The quantitative estimate of drug-likeness (QED) is 0.626. The fraction of sp³-hybridized carbons (Fsp3) is 0.571. The largest absolute Gasteiger partial charge is 0.341 e. The number of thioether (sulfide) groups is 1. The molecule has 1 fully saturated rings. The summed E-state index contributed by atoms with van der Waals surface area (Å²) in [7, 11) is 0. The first kappa shape index (κ1) is 20.7. The number of amides is 1. The molecule has 0 radical (unpaired) electrons. The third-order valence-electron chi connectivity index (χ3n) is 5.22. The van der Waals surface area contributed by atoms with Crippen molar-refractivity contribution in [1.29, 1.82) is 0 Å². The number of carbonyl (C=O) groups is 1. The van der Waals surface area contributed by atoms with Crippen LogP contribution in [-0.4, -0.2) is 44.5 Å². The summed E-state index contributed by atoms with van der Waals surface area (Å²) in [6.45, 7) is 12.6. The lowest BCUT2D eigenvalue weighted by atomic mass is 9.87. The maximum Gasteiger partial charge on any atom is 0.233 e. The Hall–Kier alpha value is -2.02. The number of rotatable bonds is 4. The number of nitrogen functional groups attached to an aromatic ring is 1. The number of carbonyl (C=O) groups excluding carboxylic acids is 1. The fourth-order valence-corrected chi connectivity index (χ4v) is 4.54. The molecule has 2 N–H and O–H groups in total. The highest BCUT2D eigenvalue weighted by Gasteiger charge is 2.26. The maximum atomic E-state index is 12.6. The van der Waals surface area contributed by atoms with Gasteiger partial charge in [0.15, 0.2) is 5.82 Å². The molecule has 2 aromatic rings. The molecule has 28 heavy (non-hydrogen) atoms. The van der Waals surface area contributed by atoms with Gasteiger partial charge in [-0.1, -0.05) is 70.6 Å². The lowest BCUT2D eigenvalue weighted by Crippen LogP contribution is -2.43. The molecule has 0 bridgehead atoms. The molecule has 1 saturated heterocycles. The van der Waals surface area contributed by atoms with Crippen LogP contribution in [0.3, 0.4) is 0 Å². The number of aromatic nitrogens is 3. The molecular weight excluding hydrogens is 370 g/mol. The molecule has 1 aliphatic rings. The summed E-state index contributed by atoms with van der Waals surface area (Å²) in [4.78, 5) is 14.6. The lowest BCUT2D eigenvalue weighted by Gasteiger charge is -2.34. The van der Waals surface area contributed by atoms with Gasteiger partial charge >= 0.3 is 0 Å². The minimum Gasteiger partial charge on any atom is -0.341 e. The van der Waals surface area contributed by atoms with Gasteiger partial charge in [-0.3, -0.25) is 4.79 Å². The zero-order valence-corrected chi connectivity index (χ0v) is 18.3. The predicted molar refractivity (Wildman–Crippen MR) is 115 cm³/mol. The third kappa shape index (κ3) is 4.69. The topological polar surface area (TPSA) is 77.0 Å². The van der Waals surface area contributed by atoms with Crippen molar-refractivity contribution in [2.24, 2.45) is 11.8 Å². The van der Waals surface area contributed by atoms with Gasteiger partial charge in [0.25, 0.3) is 0 Å². The van der Waals surface area contributed by atoms with Crippen molar-refractivity contribution in [3.63, 3.8) is 0 Å². The molecule has 1 aliphatic heterocycles. The van der Waals surface area contributed by atoms with E-state index in [2.05, 4.69) is 56.9 Å². The number of benzene rings is 1. The van der Waals surface area contributed by atoms with E-state index in [9.17, 15) is 4.79 Å². The molecule has 1 amide bonds. The Bertz CT molecular complexity index is 814. The highest BCUT2D eigenvalue weighted by Crippen LogP contribution is 2.27. The van der Waals surface area contributed by atoms with Gasteiger partial charge in [0, 0.05) is 18.7 Å². The average molecular weight is 402 g/mol. The third-order valence-corrected chi connectivity index (χ3v) is 6.15. The Morgan fingerprint density at radius 2 is 1.75 bits per heavy atom. The molecule has 6 nitrogen and oxygen atoms in total. The molecule has 1 aromatic heterocycles. The molecule has 0 unspecified atom stereocenters. The van der Waals surface area contributed by atoms with E-state index < -0.39 is 0 Å². The van der Waals surface area contributed by atoms with Crippen molar-refractivity contribution in [1.82, 2.24) is 19.8 Å². The Morgan fingerprint density at radius 1 is 1.14 bits per heavy atom. The smallest absolute Gasteiger partial charge is 0.233 e. The van der Waals surface area contributed by atoms with Gasteiger partial charge in [0.05, 0.1) is 5.75 Å². The number of nitrogens with two attached hydrogens (primary N) is 1. The van der Waals surface area contributed by atoms with E-state index in [1.165, 1.54) is 28.4 Å². The summed E-state index contributed by atoms with van der Waals surface area (Å²) in [5.74, 6) is 8.40. The van der Waals surface area contributed by atoms with Crippen LogP contribution in [0.15, 0.2) is 29.4 Å². The molecule has 7 heteroatoms. The van der Waals surface area contributed by atoms with E-state index in [4.69, 9.17) is 5.84 Å². The number of likely N-dealkylation sites (tertiary alicyclic amines) is 1. The van der Waals surface area contributed by atoms with Crippen LogP contribution in [0.2, 0.25) is 0 Å². The number of nitrogens with zero attached hydrogens (tertiary/aromatic N) is 4. The second-order valence-electron chi connectivity index (χ2n) is 9.04. The Morgan fingerprint density at radius 3 is 2.32 bits per heavy atom. The van der Waals surface area contributed by atoms with Crippen molar-refractivity contribution < 1.29 is 4.79 Å². The zero-order chi connectivity index (χ0) is 20.5. The van der Waals surface area contributed by atoms with Crippen molar-refractivity contribution in [2.45, 2.75) is 51.6 Å². The predicted octanol–water partition coefficient (Wildman–Crippen LogP) is 3.55. The van der Waals surface area contributed by atoms with Crippen LogP contribution in [-0.2, 0) is 10.2 Å². The molecule has 152 valence electrons. The first-order valence-corrected chi connectivity index (χ1v) is 10.9. The van der Waals surface area contributed by atoms with Crippen LogP contribution in [0.1, 0.15) is 46.6 Å². The van der Waals surface area contributed by atoms with Gasteiger partial charge in [0.1, 0.15) is 0 Å². The fourth-order valence-electron chi connectivity index (χ4n) is 3.78. The summed E-state index contributed by atoms with van der Waals surface area (Å²) < 4.78 is 1.48. The SMILES string of the molecule is C[C@H]1C[C@H](C)CN(C(=O)CSc2nnc(-c3ccc(C(C)(C)C)cc3)n2N)C1. The summed E-state index contributed by atoms with van der Waals surface area (Å²) in [5, 5.41) is 8.98. The first-order valence-electron chi connectivity index (χ1n) is 9.87. The summed E-state index contributed by atoms with van der Waals surface area (Å²) in [6, 6.07) is 8.23. The van der Waals surface area contributed by atoms with Crippen LogP contribution in [0.5, 0.6) is 0 Å². The average Bonchev–Trinajstić information content (AvgIpc) is 2.99. The van der Waals surface area contributed by atoms with E-state index in [1.54, 1.807) is 0 Å². The van der Waals surface area contributed by atoms with E-state index in [0.29, 0.717) is 28.6 Å². The normalized spacial score (nSPS) is 20.4. The summed E-state index contributed by atoms with van der Waals surface area (Å²) >= 11 is 1.35. The highest BCUT2D eigenvalue weighted by atomic mass is 32.2. The Balaban J connectivity index is 1.65. The van der Waals surface area contributed by atoms with Gasteiger partial charge in [-0.15, -0.1) is 10.2 Å².